The van der Waals surface area contributed by atoms with Crippen molar-refractivity contribution in [2.24, 2.45) is 0 Å². The lowest BCUT2D eigenvalue weighted by Crippen LogP contribution is -2.23. The van der Waals surface area contributed by atoms with E-state index in [0.29, 0.717) is 40.8 Å². The molecule has 136 valence electrons. The predicted molar refractivity (Wildman–Crippen MR) is 101 cm³/mol. The van der Waals surface area contributed by atoms with Crippen molar-refractivity contribution in [1.82, 2.24) is 24.8 Å². The van der Waals surface area contributed by atoms with E-state index in [2.05, 4.69) is 20.3 Å². The lowest BCUT2D eigenvalue weighted by atomic mass is 10.2. The molecule has 3 aromatic heterocycles. The molecule has 0 bridgehead atoms. The molecule has 0 aliphatic heterocycles. The minimum Gasteiger partial charge on any atom is -0.444 e. The van der Waals surface area contributed by atoms with Crippen LogP contribution in [0.5, 0.6) is 0 Å². The van der Waals surface area contributed by atoms with Crippen molar-refractivity contribution >= 4 is 23.0 Å². The zero-order valence-electron chi connectivity index (χ0n) is 14.7. The molecule has 0 saturated heterocycles. The summed E-state index contributed by atoms with van der Waals surface area (Å²) < 4.78 is 7.26. The molecule has 8 heteroatoms. The Bertz CT molecular complexity index is 1100. The summed E-state index contributed by atoms with van der Waals surface area (Å²) in [5, 5.41) is 2.81. The third-order valence-electron chi connectivity index (χ3n) is 4.20. The van der Waals surface area contributed by atoms with Gasteiger partial charge in [0.25, 0.3) is 5.91 Å². The van der Waals surface area contributed by atoms with Gasteiger partial charge in [0, 0.05) is 18.3 Å². The summed E-state index contributed by atoms with van der Waals surface area (Å²) in [4.78, 5) is 25.4. The maximum Gasteiger partial charge on any atom is 0.253 e. The summed E-state index contributed by atoms with van der Waals surface area (Å²) in [5.41, 5.74) is 9.05. The zero-order valence-corrected chi connectivity index (χ0v) is 14.7. The fraction of sp³-hybridized carbons (Fsp3) is 0.158. The molecule has 0 fully saturated rings. The number of fused-ring (bicyclic) bond motifs is 1. The average Bonchev–Trinajstić information content (AvgIpc) is 3.29. The lowest BCUT2D eigenvalue weighted by molar-refractivity contribution is 0.0950. The largest absolute Gasteiger partial charge is 0.444 e. The molecule has 4 aromatic rings. The average molecular weight is 362 g/mol. The molecular weight excluding hydrogens is 344 g/mol. The number of carbonyl (C=O) groups excluding carboxylic acids is 1. The number of anilines is 1. The van der Waals surface area contributed by atoms with Gasteiger partial charge in [0.1, 0.15) is 11.8 Å². The van der Waals surface area contributed by atoms with Gasteiger partial charge in [0.2, 0.25) is 11.8 Å². The Balaban J connectivity index is 1.47. The first-order valence-electron chi connectivity index (χ1n) is 8.55. The highest BCUT2D eigenvalue weighted by Gasteiger charge is 2.13. The van der Waals surface area contributed by atoms with Gasteiger partial charge in [0.05, 0.1) is 17.8 Å². The summed E-state index contributed by atoms with van der Waals surface area (Å²) in [5.74, 6) is 0.635. The SMILES string of the molecule is CCn1c(N)nc2cc(C(=O)NCc3coc(-c4ccccc4)n3)cnc21. The van der Waals surface area contributed by atoms with Gasteiger partial charge in [0.15, 0.2) is 5.65 Å². The second kappa shape index (κ2) is 6.91. The number of hydrogen-bond donors (Lipinski definition) is 2. The Morgan fingerprint density at radius 1 is 1.26 bits per heavy atom. The molecule has 0 aliphatic carbocycles. The molecule has 3 N–H and O–H groups in total. The van der Waals surface area contributed by atoms with Crippen LogP contribution in [0.2, 0.25) is 0 Å². The van der Waals surface area contributed by atoms with E-state index in [0.717, 1.165) is 5.56 Å². The van der Waals surface area contributed by atoms with E-state index in [1.54, 1.807) is 10.6 Å². The number of nitrogens with zero attached hydrogens (tertiary/aromatic N) is 4. The highest BCUT2D eigenvalue weighted by molar-refractivity contribution is 5.96. The minimum absolute atomic E-state index is 0.249. The first kappa shape index (κ1) is 16.8. The first-order valence-corrected chi connectivity index (χ1v) is 8.55. The smallest absolute Gasteiger partial charge is 0.253 e. The number of carbonyl (C=O) groups is 1. The highest BCUT2D eigenvalue weighted by atomic mass is 16.3. The summed E-state index contributed by atoms with van der Waals surface area (Å²) in [6.45, 7) is 2.87. The van der Waals surface area contributed by atoms with E-state index < -0.39 is 0 Å². The Labute approximate surface area is 155 Å². The monoisotopic (exact) mass is 362 g/mol. The van der Waals surface area contributed by atoms with E-state index in [9.17, 15) is 4.79 Å². The Hall–Kier alpha value is -3.68. The van der Waals surface area contributed by atoms with Crippen molar-refractivity contribution in [1.29, 1.82) is 0 Å². The molecule has 1 aromatic carbocycles. The number of nitrogens with two attached hydrogens (primary N) is 1. The molecule has 0 unspecified atom stereocenters. The predicted octanol–water partition coefficient (Wildman–Crippen LogP) is 2.62. The molecule has 4 rings (SSSR count). The third-order valence-corrected chi connectivity index (χ3v) is 4.20. The maximum atomic E-state index is 12.4. The Morgan fingerprint density at radius 3 is 2.85 bits per heavy atom. The van der Waals surface area contributed by atoms with E-state index >= 15 is 0 Å². The molecule has 0 radical (unpaired) electrons. The van der Waals surface area contributed by atoms with Crippen molar-refractivity contribution in [3.63, 3.8) is 0 Å². The second-order valence-electron chi connectivity index (χ2n) is 5.97. The van der Waals surface area contributed by atoms with Crippen molar-refractivity contribution in [3.8, 4) is 11.5 Å². The van der Waals surface area contributed by atoms with E-state index in [1.165, 1.54) is 12.5 Å². The van der Waals surface area contributed by atoms with Gasteiger partial charge in [-0.1, -0.05) is 18.2 Å². The van der Waals surface area contributed by atoms with Gasteiger partial charge >= 0.3 is 0 Å². The summed E-state index contributed by atoms with van der Waals surface area (Å²) in [6, 6.07) is 11.3. The highest BCUT2D eigenvalue weighted by Crippen LogP contribution is 2.18. The van der Waals surface area contributed by atoms with E-state index in [1.807, 2.05) is 37.3 Å². The number of aryl methyl sites for hydroxylation is 1. The van der Waals surface area contributed by atoms with Gasteiger partial charge in [-0.15, -0.1) is 0 Å². The van der Waals surface area contributed by atoms with Crippen molar-refractivity contribution < 1.29 is 9.21 Å². The van der Waals surface area contributed by atoms with Crippen LogP contribution in [0.1, 0.15) is 23.0 Å². The van der Waals surface area contributed by atoms with Crippen LogP contribution < -0.4 is 11.1 Å². The molecule has 8 nitrogen and oxygen atoms in total. The number of pyridine rings is 1. The van der Waals surface area contributed by atoms with Crippen LogP contribution in [-0.2, 0) is 13.1 Å². The van der Waals surface area contributed by atoms with Crippen molar-refractivity contribution in [2.45, 2.75) is 20.0 Å². The number of nitrogen functional groups attached to an aromatic ring is 1. The maximum absolute atomic E-state index is 12.4. The number of benzene rings is 1. The molecule has 27 heavy (non-hydrogen) atoms. The van der Waals surface area contributed by atoms with Crippen molar-refractivity contribution in [2.75, 3.05) is 5.73 Å². The second-order valence-corrected chi connectivity index (χ2v) is 5.97. The van der Waals surface area contributed by atoms with E-state index in [4.69, 9.17) is 10.2 Å². The first-order chi connectivity index (χ1) is 13.2. The quantitative estimate of drug-likeness (QED) is 0.564. The molecular formula is C19H18N6O2. The van der Waals surface area contributed by atoms with Gasteiger partial charge in [-0.2, -0.15) is 0 Å². The van der Waals surface area contributed by atoms with Crippen LogP contribution in [0, 0.1) is 0 Å². The summed E-state index contributed by atoms with van der Waals surface area (Å²) >= 11 is 0. The van der Waals surface area contributed by atoms with Crippen LogP contribution in [0.15, 0.2) is 53.3 Å². The van der Waals surface area contributed by atoms with Crippen LogP contribution in [-0.4, -0.2) is 25.4 Å². The number of oxazole rings is 1. The normalized spacial score (nSPS) is 11.0. The van der Waals surface area contributed by atoms with Gasteiger partial charge < -0.3 is 15.5 Å². The number of imidazole rings is 1. The van der Waals surface area contributed by atoms with Crippen LogP contribution in [0.4, 0.5) is 5.95 Å². The summed E-state index contributed by atoms with van der Waals surface area (Å²) in [6.07, 6.45) is 3.05. The number of amides is 1. The van der Waals surface area contributed by atoms with Crippen molar-refractivity contribution in [3.05, 3.63) is 60.1 Å². The third kappa shape index (κ3) is 3.24. The standard InChI is InChI=1S/C19H18N6O2/c1-2-25-16-15(24-19(25)20)8-13(9-21-16)17(26)22-10-14-11-27-18(23-14)12-6-4-3-5-7-12/h3-9,11H,2,10H2,1H3,(H2,20,24)(H,22,26). The Morgan fingerprint density at radius 2 is 2.07 bits per heavy atom. The number of aromatic nitrogens is 4. The van der Waals surface area contributed by atoms with Gasteiger partial charge in [-0.25, -0.2) is 15.0 Å². The molecule has 0 spiro atoms. The topological polar surface area (TPSA) is 112 Å². The van der Waals surface area contributed by atoms with Crippen LogP contribution in [0.3, 0.4) is 0 Å². The van der Waals surface area contributed by atoms with Crippen LogP contribution >= 0.6 is 0 Å². The molecule has 0 aliphatic rings. The molecule has 0 saturated carbocycles. The zero-order chi connectivity index (χ0) is 18.8. The number of hydrogen-bond acceptors (Lipinski definition) is 6. The minimum atomic E-state index is -0.265. The fourth-order valence-corrected chi connectivity index (χ4v) is 2.84. The fourth-order valence-electron chi connectivity index (χ4n) is 2.84. The Kier molecular flexibility index (Phi) is 4.29. The van der Waals surface area contributed by atoms with E-state index in [-0.39, 0.29) is 12.5 Å². The van der Waals surface area contributed by atoms with Crippen LogP contribution in [0.25, 0.3) is 22.6 Å². The van der Waals surface area contributed by atoms with Gasteiger partial charge in [-0.05, 0) is 25.1 Å². The van der Waals surface area contributed by atoms with Gasteiger partial charge in [-0.3, -0.25) is 9.36 Å². The molecule has 3 heterocycles. The number of rotatable bonds is 5. The lowest BCUT2D eigenvalue weighted by Gasteiger charge is -2.03. The summed E-state index contributed by atoms with van der Waals surface area (Å²) in [7, 11) is 0. The molecule has 1 amide bonds. The number of nitrogens with one attached hydrogen (secondary N) is 1. The molecule has 0 atom stereocenters.